The molecule has 2 unspecified atom stereocenters. The number of thiazole rings is 1. The Labute approximate surface area is 103 Å². The van der Waals surface area contributed by atoms with E-state index in [0.29, 0.717) is 17.7 Å². The van der Waals surface area contributed by atoms with Crippen molar-refractivity contribution < 1.29 is 14.7 Å². The Morgan fingerprint density at radius 3 is 2.82 bits per heavy atom. The Hall–Kier alpha value is -1.43. The van der Waals surface area contributed by atoms with E-state index in [4.69, 9.17) is 5.11 Å². The second kappa shape index (κ2) is 4.83. The molecule has 1 saturated carbocycles. The zero-order chi connectivity index (χ0) is 12.4. The lowest BCUT2D eigenvalue weighted by Gasteiger charge is -2.10. The van der Waals surface area contributed by atoms with Crippen molar-refractivity contribution in [2.75, 3.05) is 0 Å². The average Bonchev–Trinajstić information content (AvgIpc) is 2.86. The summed E-state index contributed by atoms with van der Waals surface area (Å²) in [5, 5.41) is 12.6. The van der Waals surface area contributed by atoms with Crippen LogP contribution in [0.1, 0.15) is 33.9 Å². The van der Waals surface area contributed by atoms with Gasteiger partial charge in [-0.3, -0.25) is 9.59 Å². The van der Waals surface area contributed by atoms with Gasteiger partial charge in [-0.05, 0) is 26.2 Å². The highest BCUT2D eigenvalue weighted by atomic mass is 32.1. The molecule has 2 atom stereocenters. The van der Waals surface area contributed by atoms with E-state index in [9.17, 15) is 9.59 Å². The Morgan fingerprint density at radius 1 is 1.53 bits per heavy atom. The van der Waals surface area contributed by atoms with E-state index in [0.717, 1.165) is 11.4 Å². The number of carbonyl (C=O) groups excluding carboxylic acids is 1. The monoisotopic (exact) mass is 254 g/mol. The molecule has 0 saturated heterocycles. The highest BCUT2D eigenvalue weighted by Gasteiger charge is 2.30. The summed E-state index contributed by atoms with van der Waals surface area (Å²) >= 11 is 1.35. The fourth-order valence-corrected chi connectivity index (χ4v) is 2.74. The van der Waals surface area contributed by atoms with Crippen molar-refractivity contribution >= 4 is 23.2 Å². The van der Waals surface area contributed by atoms with E-state index in [1.54, 1.807) is 6.20 Å². The number of carboxylic acid groups (broad SMARTS) is 1. The van der Waals surface area contributed by atoms with E-state index in [1.807, 2.05) is 6.92 Å². The van der Waals surface area contributed by atoms with Crippen LogP contribution in [0.4, 0.5) is 0 Å². The van der Waals surface area contributed by atoms with Gasteiger partial charge in [0.15, 0.2) is 0 Å². The van der Waals surface area contributed by atoms with Crippen LogP contribution in [0.25, 0.3) is 0 Å². The summed E-state index contributed by atoms with van der Waals surface area (Å²) in [5.41, 5.74) is 0. The van der Waals surface area contributed by atoms with Gasteiger partial charge in [0.25, 0.3) is 5.91 Å². The molecule has 0 bridgehead atoms. The summed E-state index contributed by atoms with van der Waals surface area (Å²) < 4.78 is 0. The number of nitrogens with zero attached hydrogens (tertiary/aromatic N) is 1. The van der Waals surface area contributed by atoms with Gasteiger partial charge < -0.3 is 10.4 Å². The molecule has 1 aliphatic carbocycles. The van der Waals surface area contributed by atoms with Crippen molar-refractivity contribution in [2.24, 2.45) is 5.92 Å². The maximum atomic E-state index is 11.8. The minimum atomic E-state index is -0.768. The molecule has 1 heterocycles. The van der Waals surface area contributed by atoms with Crippen molar-refractivity contribution in [1.82, 2.24) is 10.3 Å². The Balaban J connectivity index is 1.90. The minimum Gasteiger partial charge on any atom is -0.481 e. The molecule has 0 aromatic carbocycles. The number of amides is 1. The van der Waals surface area contributed by atoms with Crippen LogP contribution >= 0.6 is 11.3 Å². The smallest absolute Gasteiger partial charge is 0.306 e. The topological polar surface area (TPSA) is 79.3 Å². The van der Waals surface area contributed by atoms with Gasteiger partial charge in [0.1, 0.15) is 4.88 Å². The minimum absolute atomic E-state index is 0.0222. The quantitative estimate of drug-likeness (QED) is 0.855. The number of aliphatic carboxylic acids is 1. The van der Waals surface area contributed by atoms with Crippen LogP contribution in [0.2, 0.25) is 0 Å². The lowest BCUT2D eigenvalue weighted by molar-refractivity contribution is -0.141. The molecule has 92 valence electrons. The van der Waals surface area contributed by atoms with Gasteiger partial charge >= 0.3 is 5.97 Å². The number of carboxylic acids is 1. The number of nitrogens with one attached hydrogen (secondary N) is 1. The number of hydrogen-bond acceptors (Lipinski definition) is 4. The summed E-state index contributed by atoms with van der Waals surface area (Å²) in [4.78, 5) is 27.2. The molecule has 0 aliphatic heterocycles. The number of hydrogen-bond donors (Lipinski definition) is 2. The summed E-state index contributed by atoms with van der Waals surface area (Å²) in [6.07, 6.45) is 3.46. The van der Waals surface area contributed by atoms with Gasteiger partial charge in [-0.25, -0.2) is 4.98 Å². The molecule has 6 heteroatoms. The molecule has 5 nitrogen and oxygen atoms in total. The van der Waals surface area contributed by atoms with E-state index >= 15 is 0 Å². The average molecular weight is 254 g/mol. The first-order valence-electron chi connectivity index (χ1n) is 5.52. The first kappa shape index (κ1) is 12.0. The summed E-state index contributed by atoms with van der Waals surface area (Å²) in [6.45, 7) is 1.84. The zero-order valence-electron chi connectivity index (χ0n) is 9.47. The molecule has 0 radical (unpaired) electrons. The Kier molecular flexibility index (Phi) is 3.42. The predicted octanol–water partition coefficient (Wildman–Crippen LogP) is 1.43. The highest BCUT2D eigenvalue weighted by Crippen LogP contribution is 2.26. The lowest BCUT2D eigenvalue weighted by atomic mass is 10.1. The molecular formula is C11H14N2O3S. The van der Waals surface area contributed by atoms with Gasteiger partial charge in [-0.15, -0.1) is 11.3 Å². The van der Waals surface area contributed by atoms with Crippen molar-refractivity contribution in [3.63, 3.8) is 0 Å². The third-order valence-electron chi connectivity index (χ3n) is 2.96. The van der Waals surface area contributed by atoms with Crippen LogP contribution in [-0.4, -0.2) is 28.0 Å². The summed E-state index contributed by atoms with van der Waals surface area (Å²) in [7, 11) is 0. The third-order valence-corrected chi connectivity index (χ3v) is 3.87. The standard InChI is InChI=1S/C11H14N2O3S/c1-6-12-5-9(17-6)10(14)13-8-3-2-7(4-8)11(15)16/h5,7-8H,2-4H2,1H3,(H,13,14)(H,15,16). The number of carbonyl (C=O) groups is 2. The molecule has 2 rings (SSSR count). The van der Waals surface area contributed by atoms with Crippen LogP contribution in [-0.2, 0) is 4.79 Å². The molecule has 17 heavy (non-hydrogen) atoms. The first-order valence-corrected chi connectivity index (χ1v) is 6.34. The van der Waals surface area contributed by atoms with Gasteiger partial charge in [0.2, 0.25) is 0 Å². The zero-order valence-corrected chi connectivity index (χ0v) is 10.3. The molecule has 1 aromatic rings. The maximum Gasteiger partial charge on any atom is 0.306 e. The van der Waals surface area contributed by atoms with Crippen molar-refractivity contribution in [1.29, 1.82) is 0 Å². The molecule has 1 aromatic heterocycles. The highest BCUT2D eigenvalue weighted by molar-refractivity contribution is 7.13. The summed E-state index contributed by atoms with van der Waals surface area (Å²) in [6, 6.07) is -0.0222. The third kappa shape index (κ3) is 2.82. The van der Waals surface area contributed by atoms with Crippen molar-refractivity contribution in [3.05, 3.63) is 16.1 Å². The number of aryl methyl sites for hydroxylation is 1. The second-order valence-corrected chi connectivity index (χ2v) is 5.50. The molecule has 1 aliphatic rings. The predicted molar refractivity (Wildman–Crippen MR) is 63.1 cm³/mol. The van der Waals surface area contributed by atoms with Gasteiger partial charge in [0, 0.05) is 6.04 Å². The van der Waals surface area contributed by atoms with Gasteiger partial charge in [-0.1, -0.05) is 0 Å². The van der Waals surface area contributed by atoms with E-state index < -0.39 is 5.97 Å². The first-order chi connectivity index (χ1) is 8.06. The van der Waals surface area contributed by atoms with Gasteiger partial charge in [0.05, 0.1) is 17.1 Å². The van der Waals surface area contributed by atoms with Crippen LogP contribution < -0.4 is 5.32 Å². The molecule has 0 spiro atoms. The van der Waals surface area contributed by atoms with E-state index in [-0.39, 0.29) is 17.9 Å². The lowest BCUT2D eigenvalue weighted by Crippen LogP contribution is -2.32. The molecule has 1 fully saturated rings. The number of aromatic nitrogens is 1. The largest absolute Gasteiger partial charge is 0.481 e. The van der Waals surface area contributed by atoms with Crippen LogP contribution in [0.5, 0.6) is 0 Å². The molecule has 2 N–H and O–H groups in total. The van der Waals surface area contributed by atoms with Crippen LogP contribution in [0.15, 0.2) is 6.20 Å². The fraction of sp³-hybridized carbons (Fsp3) is 0.545. The fourth-order valence-electron chi connectivity index (χ4n) is 2.06. The molecular weight excluding hydrogens is 240 g/mol. The maximum absolute atomic E-state index is 11.8. The van der Waals surface area contributed by atoms with E-state index in [1.165, 1.54) is 11.3 Å². The van der Waals surface area contributed by atoms with Crippen LogP contribution in [0.3, 0.4) is 0 Å². The Morgan fingerprint density at radius 2 is 2.29 bits per heavy atom. The Bertz CT molecular complexity index is 444. The van der Waals surface area contributed by atoms with E-state index in [2.05, 4.69) is 10.3 Å². The number of rotatable bonds is 3. The van der Waals surface area contributed by atoms with Crippen molar-refractivity contribution in [2.45, 2.75) is 32.2 Å². The second-order valence-electron chi connectivity index (χ2n) is 4.26. The van der Waals surface area contributed by atoms with Crippen LogP contribution in [0, 0.1) is 12.8 Å². The molecule has 1 amide bonds. The summed E-state index contributed by atoms with van der Waals surface area (Å²) in [5.74, 6) is -1.23. The normalized spacial score (nSPS) is 23.6. The SMILES string of the molecule is Cc1ncc(C(=O)NC2CCC(C(=O)O)C2)s1. The van der Waals surface area contributed by atoms with Crippen molar-refractivity contribution in [3.8, 4) is 0 Å². The van der Waals surface area contributed by atoms with Gasteiger partial charge in [-0.2, -0.15) is 0 Å².